The normalized spacial score (nSPS) is 11.3. The molecule has 0 fully saturated rings. The molecule has 0 amide bonds. The van der Waals surface area contributed by atoms with E-state index >= 15 is 0 Å². The first-order valence-electron chi connectivity index (χ1n) is 8.90. The second-order valence-corrected chi connectivity index (χ2v) is 6.78. The van der Waals surface area contributed by atoms with Crippen molar-refractivity contribution in [3.63, 3.8) is 0 Å². The van der Waals surface area contributed by atoms with Crippen LogP contribution in [0.25, 0.3) is 27.5 Å². The third-order valence-electron chi connectivity index (χ3n) is 4.99. The molecule has 0 aliphatic rings. The summed E-state index contributed by atoms with van der Waals surface area (Å²) in [5, 5.41) is 2.63. The van der Waals surface area contributed by atoms with Crippen LogP contribution in [0.15, 0.2) is 73.3 Å². The van der Waals surface area contributed by atoms with Gasteiger partial charge < -0.3 is 4.57 Å². The van der Waals surface area contributed by atoms with Crippen molar-refractivity contribution in [2.45, 2.75) is 26.7 Å². The predicted octanol–water partition coefficient (Wildman–Crippen LogP) is 6.52. The highest BCUT2D eigenvalue weighted by molar-refractivity contribution is 6.09. The van der Waals surface area contributed by atoms with Gasteiger partial charge in [0.15, 0.2) is 0 Å². The van der Waals surface area contributed by atoms with Crippen molar-refractivity contribution >= 4 is 21.8 Å². The van der Waals surface area contributed by atoms with E-state index in [-0.39, 0.29) is 0 Å². The highest BCUT2D eigenvalue weighted by atomic mass is 15.0. The van der Waals surface area contributed by atoms with E-state index in [1.807, 2.05) is 6.08 Å². The largest absolute Gasteiger partial charge is 0.309 e. The molecule has 1 heteroatoms. The van der Waals surface area contributed by atoms with Gasteiger partial charge in [0.05, 0.1) is 16.7 Å². The monoisotopic (exact) mass is 325 g/mol. The average Bonchev–Trinajstić information content (AvgIpc) is 2.94. The second-order valence-electron chi connectivity index (χ2n) is 6.78. The fourth-order valence-corrected chi connectivity index (χ4v) is 3.97. The van der Waals surface area contributed by atoms with Crippen LogP contribution in [0.1, 0.15) is 23.1 Å². The summed E-state index contributed by atoms with van der Waals surface area (Å²) in [6.45, 7) is 8.29. The molecule has 0 spiro atoms. The van der Waals surface area contributed by atoms with Gasteiger partial charge in [0.1, 0.15) is 0 Å². The third kappa shape index (κ3) is 2.56. The maximum absolute atomic E-state index is 3.84. The smallest absolute Gasteiger partial charge is 0.0541 e. The number of fused-ring (bicyclic) bond motifs is 3. The molecule has 25 heavy (non-hydrogen) atoms. The van der Waals surface area contributed by atoms with Gasteiger partial charge in [-0.1, -0.05) is 54.6 Å². The van der Waals surface area contributed by atoms with E-state index < -0.39 is 0 Å². The first-order chi connectivity index (χ1) is 12.2. The zero-order valence-corrected chi connectivity index (χ0v) is 14.9. The number of aromatic nitrogens is 1. The highest BCUT2D eigenvalue weighted by Crippen LogP contribution is 2.34. The number of para-hydroxylation sites is 2. The van der Waals surface area contributed by atoms with E-state index in [0.29, 0.717) is 0 Å². The van der Waals surface area contributed by atoms with Crippen LogP contribution in [-0.2, 0) is 6.42 Å². The lowest BCUT2D eigenvalue weighted by Crippen LogP contribution is -2.01. The minimum atomic E-state index is 1.02. The van der Waals surface area contributed by atoms with Gasteiger partial charge in [0.25, 0.3) is 0 Å². The van der Waals surface area contributed by atoms with Crippen LogP contribution < -0.4 is 0 Å². The van der Waals surface area contributed by atoms with Crippen LogP contribution in [0.5, 0.6) is 0 Å². The molecule has 4 rings (SSSR count). The van der Waals surface area contributed by atoms with E-state index in [1.165, 1.54) is 44.2 Å². The quantitative estimate of drug-likeness (QED) is 0.376. The Morgan fingerprint density at radius 3 is 1.88 bits per heavy atom. The topological polar surface area (TPSA) is 4.93 Å². The van der Waals surface area contributed by atoms with Gasteiger partial charge in [-0.25, -0.2) is 0 Å². The van der Waals surface area contributed by atoms with E-state index in [4.69, 9.17) is 0 Å². The fraction of sp³-hybridized carbons (Fsp3) is 0.167. The first kappa shape index (κ1) is 15.7. The lowest BCUT2D eigenvalue weighted by Gasteiger charge is -2.16. The highest BCUT2D eigenvalue weighted by Gasteiger charge is 2.15. The molecule has 1 aromatic heterocycles. The number of allylic oxidation sites excluding steroid dienone is 1. The van der Waals surface area contributed by atoms with E-state index in [9.17, 15) is 0 Å². The Balaban J connectivity index is 2.03. The minimum Gasteiger partial charge on any atom is -0.309 e. The number of benzene rings is 3. The second kappa shape index (κ2) is 6.25. The molecule has 3 aromatic carbocycles. The van der Waals surface area contributed by atoms with Crippen LogP contribution in [0, 0.1) is 13.8 Å². The fourth-order valence-electron chi connectivity index (χ4n) is 3.97. The zero-order chi connectivity index (χ0) is 17.4. The molecule has 0 N–H and O–H groups in total. The summed E-state index contributed by atoms with van der Waals surface area (Å²) in [4.78, 5) is 0. The van der Waals surface area contributed by atoms with Crippen LogP contribution in [0.4, 0.5) is 0 Å². The van der Waals surface area contributed by atoms with Gasteiger partial charge >= 0.3 is 0 Å². The molecule has 0 unspecified atom stereocenters. The molecule has 0 aliphatic carbocycles. The van der Waals surface area contributed by atoms with Crippen molar-refractivity contribution in [3.8, 4) is 5.69 Å². The Bertz CT molecular complexity index is 1010. The first-order valence-corrected chi connectivity index (χ1v) is 8.90. The summed E-state index contributed by atoms with van der Waals surface area (Å²) >= 11 is 0. The summed E-state index contributed by atoms with van der Waals surface area (Å²) in [7, 11) is 0. The van der Waals surface area contributed by atoms with Gasteiger partial charge in [-0.3, -0.25) is 0 Å². The number of aryl methyl sites for hydroxylation is 3. The molecule has 0 bridgehead atoms. The molecule has 0 saturated heterocycles. The Labute approximate surface area is 149 Å². The molecule has 4 aromatic rings. The Kier molecular flexibility index (Phi) is 3.93. The molecule has 1 nitrogen and oxygen atoms in total. The lowest BCUT2D eigenvalue weighted by molar-refractivity contribution is 0.990. The maximum Gasteiger partial charge on any atom is 0.0541 e. The average molecular weight is 325 g/mol. The summed E-state index contributed by atoms with van der Waals surface area (Å²) < 4.78 is 2.42. The Morgan fingerprint density at radius 2 is 1.36 bits per heavy atom. The lowest BCUT2D eigenvalue weighted by atomic mass is 10.0. The van der Waals surface area contributed by atoms with Crippen molar-refractivity contribution < 1.29 is 0 Å². The number of nitrogens with zero attached hydrogens (tertiary/aromatic N) is 1. The summed E-state index contributed by atoms with van der Waals surface area (Å²) in [6.07, 6.45) is 4.07. The minimum absolute atomic E-state index is 1.02. The predicted molar refractivity (Wildman–Crippen MR) is 109 cm³/mol. The summed E-state index contributed by atoms with van der Waals surface area (Å²) in [5.74, 6) is 0. The van der Waals surface area contributed by atoms with Crippen LogP contribution >= 0.6 is 0 Å². The van der Waals surface area contributed by atoms with Gasteiger partial charge in [-0.15, -0.1) is 6.58 Å². The molecule has 124 valence electrons. The molecule has 0 aliphatic heterocycles. The number of hydrogen-bond donors (Lipinski definition) is 0. The molecule has 0 radical (unpaired) electrons. The van der Waals surface area contributed by atoms with Crippen molar-refractivity contribution in [2.75, 3.05) is 0 Å². The van der Waals surface area contributed by atoms with Crippen molar-refractivity contribution in [1.29, 1.82) is 0 Å². The van der Waals surface area contributed by atoms with Crippen molar-refractivity contribution in [3.05, 3.63) is 90.0 Å². The third-order valence-corrected chi connectivity index (χ3v) is 4.99. The van der Waals surface area contributed by atoms with Crippen LogP contribution in [0.3, 0.4) is 0 Å². The molecule has 0 atom stereocenters. The van der Waals surface area contributed by atoms with Crippen molar-refractivity contribution in [2.24, 2.45) is 0 Å². The van der Waals surface area contributed by atoms with Gasteiger partial charge in [-0.05, 0) is 55.5 Å². The van der Waals surface area contributed by atoms with Gasteiger partial charge in [0.2, 0.25) is 0 Å². The molecular formula is C24H23N. The van der Waals surface area contributed by atoms with Crippen molar-refractivity contribution in [1.82, 2.24) is 4.57 Å². The van der Waals surface area contributed by atoms with Crippen LogP contribution in [-0.4, -0.2) is 4.57 Å². The SMILES string of the molecule is C=CCCc1cc(C)c(-n2c3ccccc3c3ccccc32)c(C)c1. The standard InChI is InChI=1S/C24H23N/c1-4-5-10-19-15-17(2)24(18(3)16-19)25-22-13-8-6-11-20(22)21-12-7-9-14-23(21)25/h4,6-9,11-16H,1,5,10H2,2-3H3. The zero-order valence-electron chi connectivity index (χ0n) is 14.9. The summed E-state index contributed by atoms with van der Waals surface area (Å²) in [6, 6.07) is 22.0. The molecular weight excluding hydrogens is 302 g/mol. The van der Waals surface area contributed by atoms with Crippen LogP contribution in [0.2, 0.25) is 0 Å². The van der Waals surface area contributed by atoms with E-state index in [2.05, 4.69) is 85.7 Å². The van der Waals surface area contributed by atoms with E-state index in [1.54, 1.807) is 0 Å². The maximum atomic E-state index is 3.84. The summed E-state index contributed by atoms with van der Waals surface area (Å²) in [5.41, 5.74) is 7.89. The van der Waals surface area contributed by atoms with Gasteiger partial charge in [0, 0.05) is 10.8 Å². The number of rotatable bonds is 4. The molecule has 1 heterocycles. The molecule has 0 saturated carbocycles. The Hall–Kier alpha value is -2.80. The Morgan fingerprint density at radius 1 is 0.840 bits per heavy atom. The van der Waals surface area contributed by atoms with E-state index in [0.717, 1.165) is 12.8 Å². The number of hydrogen-bond acceptors (Lipinski definition) is 0. The van der Waals surface area contributed by atoms with Gasteiger partial charge in [-0.2, -0.15) is 0 Å².